The number of hydrogen-bond donors (Lipinski definition) is 2. The Morgan fingerprint density at radius 3 is 2.38 bits per heavy atom. The van der Waals surface area contributed by atoms with E-state index >= 15 is 0 Å². The fraction of sp³-hybridized carbons (Fsp3) is 0.235. The molecular weight excluding hydrogens is 326 g/mol. The molecule has 0 spiro atoms. The van der Waals surface area contributed by atoms with Gasteiger partial charge in [-0.2, -0.15) is 0 Å². The molecular formula is C17H19N3O3S. The second-order valence-electron chi connectivity index (χ2n) is 5.50. The smallest absolute Gasteiger partial charge is 0.296 e. The van der Waals surface area contributed by atoms with Gasteiger partial charge >= 0.3 is 0 Å². The Kier molecular flexibility index (Phi) is 5.70. The van der Waals surface area contributed by atoms with E-state index in [0.717, 1.165) is 5.69 Å². The zero-order valence-electron chi connectivity index (χ0n) is 13.7. The number of nitro groups is 1. The van der Waals surface area contributed by atoms with Gasteiger partial charge < -0.3 is 15.4 Å². The molecule has 0 aliphatic rings. The molecule has 0 radical (unpaired) electrons. The summed E-state index contributed by atoms with van der Waals surface area (Å²) in [5.74, 6) is 0.862. The molecule has 0 unspecified atom stereocenters. The minimum Gasteiger partial charge on any atom is -0.496 e. The average Bonchev–Trinajstić information content (AvgIpc) is 2.55. The van der Waals surface area contributed by atoms with Crippen LogP contribution in [0.3, 0.4) is 0 Å². The zero-order chi connectivity index (χ0) is 17.7. The summed E-state index contributed by atoms with van der Waals surface area (Å²) in [5, 5.41) is 17.3. The minimum atomic E-state index is -0.481. The van der Waals surface area contributed by atoms with Gasteiger partial charge in [0, 0.05) is 5.69 Å². The van der Waals surface area contributed by atoms with E-state index in [9.17, 15) is 10.1 Å². The van der Waals surface area contributed by atoms with Crippen LogP contribution in [0, 0.1) is 10.1 Å². The lowest BCUT2D eigenvalue weighted by molar-refractivity contribution is -0.384. The third-order valence-corrected chi connectivity index (χ3v) is 3.69. The Bertz CT molecular complexity index is 745. The first-order chi connectivity index (χ1) is 11.4. The maximum Gasteiger partial charge on any atom is 0.296 e. The number of hydrogen-bond acceptors (Lipinski definition) is 4. The van der Waals surface area contributed by atoms with E-state index in [2.05, 4.69) is 24.5 Å². The van der Waals surface area contributed by atoms with Crippen LogP contribution in [0.15, 0.2) is 42.5 Å². The van der Waals surface area contributed by atoms with Crippen molar-refractivity contribution < 1.29 is 9.66 Å². The van der Waals surface area contributed by atoms with Crippen molar-refractivity contribution in [1.29, 1.82) is 0 Å². The molecule has 0 heterocycles. The number of anilines is 2. The highest BCUT2D eigenvalue weighted by atomic mass is 32.1. The van der Waals surface area contributed by atoms with Crippen molar-refractivity contribution in [3.63, 3.8) is 0 Å². The Balaban J connectivity index is 2.10. The molecule has 2 N–H and O–H groups in total. The van der Waals surface area contributed by atoms with Gasteiger partial charge in [-0.25, -0.2) is 0 Å². The number of nitrogens with zero attached hydrogens (tertiary/aromatic N) is 1. The summed E-state index contributed by atoms with van der Waals surface area (Å²) in [6, 6.07) is 12.4. The largest absolute Gasteiger partial charge is 0.496 e. The third kappa shape index (κ3) is 4.42. The Hall–Kier alpha value is -2.67. The van der Waals surface area contributed by atoms with Crippen LogP contribution in [0.1, 0.15) is 25.3 Å². The van der Waals surface area contributed by atoms with E-state index in [4.69, 9.17) is 17.0 Å². The molecule has 0 amide bonds. The lowest BCUT2D eigenvalue weighted by Crippen LogP contribution is -2.19. The molecule has 0 saturated heterocycles. The van der Waals surface area contributed by atoms with Crippen LogP contribution in [0.5, 0.6) is 5.75 Å². The quantitative estimate of drug-likeness (QED) is 0.471. The van der Waals surface area contributed by atoms with Crippen LogP contribution in [0.2, 0.25) is 0 Å². The second kappa shape index (κ2) is 7.74. The summed E-state index contributed by atoms with van der Waals surface area (Å²) in [6.07, 6.45) is 0. The maximum atomic E-state index is 11.2. The Morgan fingerprint density at radius 1 is 1.17 bits per heavy atom. The molecule has 0 aromatic heterocycles. The van der Waals surface area contributed by atoms with Crippen LogP contribution in [0.25, 0.3) is 0 Å². The number of benzene rings is 2. The molecule has 6 nitrogen and oxygen atoms in total. The van der Waals surface area contributed by atoms with Gasteiger partial charge in [0.05, 0.1) is 18.1 Å². The molecule has 24 heavy (non-hydrogen) atoms. The van der Waals surface area contributed by atoms with E-state index in [1.54, 1.807) is 12.1 Å². The summed E-state index contributed by atoms with van der Waals surface area (Å²) < 4.78 is 5.01. The molecule has 0 aliphatic heterocycles. The minimum absolute atomic E-state index is 0.103. The number of rotatable bonds is 5. The van der Waals surface area contributed by atoms with E-state index in [1.807, 2.05) is 24.3 Å². The van der Waals surface area contributed by atoms with Crippen LogP contribution >= 0.6 is 12.2 Å². The standard InChI is InChI=1S/C17H19N3O3S/c1-11(2)12-4-6-13(7-5-12)18-17(24)19-15-9-8-14(23-3)10-16(15)20(21)22/h4-11H,1-3H3,(H2,18,19,24). The van der Waals surface area contributed by atoms with E-state index < -0.39 is 4.92 Å². The van der Waals surface area contributed by atoms with Gasteiger partial charge in [-0.15, -0.1) is 0 Å². The van der Waals surface area contributed by atoms with Gasteiger partial charge in [0.2, 0.25) is 0 Å². The van der Waals surface area contributed by atoms with Crippen molar-refractivity contribution in [2.45, 2.75) is 19.8 Å². The summed E-state index contributed by atoms with van der Waals surface area (Å²) >= 11 is 5.23. The molecule has 0 aliphatic carbocycles. The number of ether oxygens (including phenoxy) is 1. The van der Waals surface area contributed by atoms with Crippen LogP contribution in [-0.4, -0.2) is 17.1 Å². The van der Waals surface area contributed by atoms with E-state index in [0.29, 0.717) is 17.4 Å². The molecule has 2 rings (SSSR count). The zero-order valence-corrected chi connectivity index (χ0v) is 14.5. The predicted molar refractivity (Wildman–Crippen MR) is 100 cm³/mol. The molecule has 0 atom stereocenters. The lowest BCUT2D eigenvalue weighted by atomic mass is 10.0. The third-order valence-electron chi connectivity index (χ3n) is 3.49. The van der Waals surface area contributed by atoms with E-state index in [1.165, 1.54) is 18.7 Å². The molecule has 2 aromatic rings. The second-order valence-corrected chi connectivity index (χ2v) is 5.90. The monoisotopic (exact) mass is 345 g/mol. The highest BCUT2D eigenvalue weighted by Crippen LogP contribution is 2.29. The van der Waals surface area contributed by atoms with E-state index in [-0.39, 0.29) is 10.8 Å². The summed E-state index contributed by atoms with van der Waals surface area (Å²) in [5.41, 5.74) is 2.24. The molecule has 7 heteroatoms. The number of thiocarbonyl (C=S) groups is 1. The van der Waals surface area contributed by atoms with Crippen molar-refractivity contribution in [3.05, 3.63) is 58.1 Å². The number of methoxy groups -OCH3 is 1. The first-order valence-corrected chi connectivity index (χ1v) is 7.82. The highest BCUT2D eigenvalue weighted by Gasteiger charge is 2.16. The molecule has 0 fully saturated rings. The van der Waals surface area contributed by atoms with Crippen molar-refractivity contribution in [3.8, 4) is 5.75 Å². The normalized spacial score (nSPS) is 10.3. The molecule has 126 valence electrons. The van der Waals surface area contributed by atoms with Crippen LogP contribution in [0.4, 0.5) is 17.1 Å². The van der Waals surface area contributed by atoms with Gasteiger partial charge in [-0.05, 0) is 48.0 Å². The predicted octanol–water partition coefficient (Wildman–Crippen LogP) is 4.54. The van der Waals surface area contributed by atoms with Crippen LogP contribution in [-0.2, 0) is 0 Å². The number of nitro benzene ring substituents is 1. The fourth-order valence-electron chi connectivity index (χ4n) is 2.13. The van der Waals surface area contributed by atoms with Gasteiger partial charge in [-0.1, -0.05) is 26.0 Å². The lowest BCUT2D eigenvalue weighted by Gasteiger charge is -2.12. The summed E-state index contributed by atoms with van der Waals surface area (Å²) in [4.78, 5) is 10.7. The Morgan fingerprint density at radius 2 is 1.83 bits per heavy atom. The first kappa shape index (κ1) is 17.7. The highest BCUT2D eigenvalue weighted by molar-refractivity contribution is 7.80. The molecule has 2 aromatic carbocycles. The topological polar surface area (TPSA) is 76.4 Å². The summed E-state index contributed by atoms with van der Waals surface area (Å²) in [6.45, 7) is 4.24. The van der Waals surface area contributed by atoms with Crippen LogP contribution < -0.4 is 15.4 Å². The number of nitrogens with one attached hydrogen (secondary N) is 2. The SMILES string of the molecule is COc1ccc(NC(=S)Nc2ccc(C(C)C)cc2)c([N+](=O)[O-])c1. The molecule has 0 saturated carbocycles. The average molecular weight is 345 g/mol. The van der Waals surface area contributed by atoms with Crippen molar-refractivity contribution in [1.82, 2.24) is 0 Å². The Labute approximate surface area is 146 Å². The van der Waals surface area contributed by atoms with Crippen molar-refractivity contribution in [2.75, 3.05) is 17.7 Å². The van der Waals surface area contributed by atoms with Gasteiger partial charge in [0.15, 0.2) is 5.11 Å². The van der Waals surface area contributed by atoms with Gasteiger partial charge in [-0.3, -0.25) is 10.1 Å². The molecule has 0 bridgehead atoms. The van der Waals surface area contributed by atoms with Gasteiger partial charge in [0.1, 0.15) is 11.4 Å². The van der Waals surface area contributed by atoms with Crippen molar-refractivity contribution >= 4 is 34.4 Å². The first-order valence-electron chi connectivity index (χ1n) is 7.41. The van der Waals surface area contributed by atoms with Crippen molar-refractivity contribution in [2.24, 2.45) is 0 Å². The van der Waals surface area contributed by atoms with Gasteiger partial charge in [0.25, 0.3) is 5.69 Å². The maximum absolute atomic E-state index is 11.2. The summed E-state index contributed by atoms with van der Waals surface area (Å²) in [7, 11) is 1.46. The fourth-order valence-corrected chi connectivity index (χ4v) is 2.36.